The summed E-state index contributed by atoms with van der Waals surface area (Å²) in [5, 5.41) is 2.31. The zero-order valence-corrected chi connectivity index (χ0v) is 10.9. The molecule has 0 atom stereocenters. The van der Waals surface area contributed by atoms with Gasteiger partial charge in [-0.3, -0.25) is 4.79 Å². The third-order valence-electron chi connectivity index (χ3n) is 2.68. The second-order valence-electron chi connectivity index (χ2n) is 3.93. The number of ether oxygens (including phenoxy) is 1. The maximum atomic E-state index is 13.8. The fraction of sp³-hybridized carbons (Fsp3) is 0. The van der Waals surface area contributed by atoms with E-state index in [2.05, 4.69) is 21.2 Å². The normalized spacial score (nSPS) is 12.9. The van der Waals surface area contributed by atoms with E-state index in [1.807, 2.05) is 0 Å². The Bertz CT molecular complexity index is 703. The second kappa shape index (κ2) is 4.31. The summed E-state index contributed by atoms with van der Waals surface area (Å²) < 4.78 is 33.3. The van der Waals surface area contributed by atoms with Gasteiger partial charge in [-0.05, 0) is 24.3 Å². The molecule has 0 unspecified atom stereocenters. The lowest BCUT2D eigenvalue weighted by Crippen LogP contribution is -2.13. The summed E-state index contributed by atoms with van der Waals surface area (Å²) in [4.78, 5) is 11.9. The minimum atomic E-state index is -0.746. The number of halogens is 3. The molecule has 0 saturated carbocycles. The smallest absolute Gasteiger partial charge is 0.262 e. The van der Waals surface area contributed by atoms with E-state index < -0.39 is 17.5 Å². The van der Waals surface area contributed by atoms with E-state index in [0.717, 1.165) is 6.07 Å². The number of anilines is 1. The Labute approximate surface area is 115 Å². The summed E-state index contributed by atoms with van der Waals surface area (Å²) in [5.74, 6) is -1.96. The van der Waals surface area contributed by atoms with Crippen molar-refractivity contribution in [3.8, 4) is 11.5 Å². The second-order valence-corrected chi connectivity index (χ2v) is 4.85. The van der Waals surface area contributed by atoms with Gasteiger partial charge in [0.2, 0.25) is 0 Å². The van der Waals surface area contributed by atoms with Crippen LogP contribution in [0.5, 0.6) is 11.5 Å². The van der Waals surface area contributed by atoms with Gasteiger partial charge < -0.3 is 10.1 Å². The van der Waals surface area contributed by atoms with Gasteiger partial charge in [-0.25, -0.2) is 8.78 Å². The van der Waals surface area contributed by atoms with Gasteiger partial charge in [-0.1, -0.05) is 22.0 Å². The van der Waals surface area contributed by atoms with Gasteiger partial charge in [0.15, 0.2) is 11.6 Å². The van der Waals surface area contributed by atoms with Crippen LogP contribution in [0.3, 0.4) is 0 Å². The van der Waals surface area contributed by atoms with Gasteiger partial charge in [0.25, 0.3) is 5.91 Å². The van der Waals surface area contributed by atoms with E-state index in [-0.39, 0.29) is 22.7 Å². The van der Waals surface area contributed by atoms with Gasteiger partial charge >= 0.3 is 0 Å². The summed E-state index contributed by atoms with van der Waals surface area (Å²) in [6.07, 6.45) is 0. The fourth-order valence-corrected chi connectivity index (χ4v) is 2.26. The van der Waals surface area contributed by atoms with Crippen molar-refractivity contribution in [2.45, 2.75) is 0 Å². The lowest BCUT2D eigenvalue weighted by molar-refractivity contribution is 0.102. The molecule has 2 aromatic rings. The molecule has 19 heavy (non-hydrogen) atoms. The van der Waals surface area contributed by atoms with Crippen molar-refractivity contribution in [3.63, 3.8) is 0 Å². The van der Waals surface area contributed by atoms with E-state index >= 15 is 0 Å². The summed E-state index contributed by atoms with van der Waals surface area (Å²) >= 11 is 3.12. The monoisotopic (exact) mass is 325 g/mol. The summed E-state index contributed by atoms with van der Waals surface area (Å²) in [5.41, 5.74) is -0.349. The standard InChI is InChI=1S/C13H6BrF2NO2/c14-6-4-8(16)11-10(5-6)19-9-3-1-2-7(15)12(9)17-13(11)18/h1-5H,(H,17,18). The van der Waals surface area contributed by atoms with Crippen LogP contribution < -0.4 is 10.1 Å². The topological polar surface area (TPSA) is 38.3 Å². The maximum absolute atomic E-state index is 13.8. The van der Waals surface area contributed by atoms with Crippen LogP contribution >= 0.6 is 15.9 Å². The van der Waals surface area contributed by atoms with Gasteiger partial charge in [0.1, 0.15) is 22.8 Å². The number of para-hydroxylation sites is 1. The van der Waals surface area contributed by atoms with Crippen molar-refractivity contribution >= 4 is 27.5 Å². The first-order chi connectivity index (χ1) is 9.06. The average Bonchev–Trinajstić information content (AvgIpc) is 2.46. The zero-order chi connectivity index (χ0) is 13.6. The highest BCUT2D eigenvalue weighted by molar-refractivity contribution is 9.10. The Morgan fingerprint density at radius 1 is 1.11 bits per heavy atom. The lowest BCUT2D eigenvalue weighted by Gasteiger charge is -2.08. The van der Waals surface area contributed by atoms with Gasteiger partial charge in [0.05, 0.1) is 0 Å². The van der Waals surface area contributed by atoms with Crippen molar-refractivity contribution < 1.29 is 18.3 Å². The fourth-order valence-electron chi connectivity index (χ4n) is 1.86. The lowest BCUT2D eigenvalue weighted by atomic mass is 10.1. The van der Waals surface area contributed by atoms with Crippen LogP contribution in [0, 0.1) is 11.6 Å². The molecule has 3 rings (SSSR count). The molecule has 1 aliphatic heterocycles. The van der Waals surface area contributed by atoms with Crippen LogP contribution in [0.2, 0.25) is 0 Å². The predicted molar refractivity (Wildman–Crippen MR) is 68.5 cm³/mol. The van der Waals surface area contributed by atoms with Crippen molar-refractivity contribution in [3.05, 3.63) is 52.0 Å². The predicted octanol–water partition coefficient (Wildman–Crippen LogP) is 4.09. The van der Waals surface area contributed by atoms with Crippen LogP contribution in [-0.4, -0.2) is 5.91 Å². The molecule has 1 N–H and O–H groups in total. The maximum Gasteiger partial charge on any atom is 0.262 e. The molecule has 3 nitrogen and oxygen atoms in total. The molecule has 0 saturated heterocycles. The van der Waals surface area contributed by atoms with E-state index in [4.69, 9.17) is 4.74 Å². The largest absolute Gasteiger partial charge is 0.454 e. The Hall–Kier alpha value is -1.95. The van der Waals surface area contributed by atoms with Crippen molar-refractivity contribution in [2.75, 3.05) is 5.32 Å². The third kappa shape index (κ3) is 1.98. The Morgan fingerprint density at radius 3 is 2.68 bits per heavy atom. The number of hydrogen-bond donors (Lipinski definition) is 1. The first-order valence-corrected chi connectivity index (χ1v) is 6.12. The highest BCUT2D eigenvalue weighted by Crippen LogP contribution is 2.39. The average molecular weight is 326 g/mol. The molecule has 1 aliphatic rings. The highest BCUT2D eigenvalue weighted by Gasteiger charge is 2.26. The Balaban J connectivity index is 2.24. The van der Waals surface area contributed by atoms with Gasteiger partial charge in [0, 0.05) is 4.47 Å². The third-order valence-corrected chi connectivity index (χ3v) is 3.14. The van der Waals surface area contributed by atoms with Gasteiger partial charge in [-0.15, -0.1) is 0 Å². The highest BCUT2D eigenvalue weighted by atomic mass is 79.9. The Kier molecular flexibility index (Phi) is 2.74. The van der Waals surface area contributed by atoms with Crippen LogP contribution in [0.1, 0.15) is 10.4 Å². The van der Waals surface area contributed by atoms with E-state index in [1.165, 1.54) is 24.3 Å². The molecular weight excluding hydrogens is 320 g/mol. The number of carbonyl (C=O) groups excluding carboxylic acids is 1. The van der Waals surface area contributed by atoms with Crippen LogP contribution in [0.25, 0.3) is 0 Å². The molecule has 0 fully saturated rings. The summed E-state index contributed by atoms with van der Waals surface area (Å²) in [6, 6.07) is 6.73. The molecule has 6 heteroatoms. The van der Waals surface area contributed by atoms with Crippen LogP contribution in [0.4, 0.5) is 14.5 Å². The van der Waals surface area contributed by atoms with E-state index in [0.29, 0.717) is 4.47 Å². The van der Waals surface area contributed by atoms with Crippen molar-refractivity contribution in [1.82, 2.24) is 0 Å². The first-order valence-electron chi connectivity index (χ1n) is 5.33. The summed E-state index contributed by atoms with van der Waals surface area (Å²) in [6.45, 7) is 0. The van der Waals surface area contributed by atoms with Crippen molar-refractivity contribution in [1.29, 1.82) is 0 Å². The minimum absolute atomic E-state index is 0.0359. The van der Waals surface area contributed by atoms with Crippen LogP contribution in [0.15, 0.2) is 34.8 Å². The van der Waals surface area contributed by atoms with Gasteiger partial charge in [-0.2, -0.15) is 0 Å². The molecule has 0 radical (unpaired) electrons. The molecular formula is C13H6BrF2NO2. The molecule has 0 aromatic heterocycles. The number of fused-ring (bicyclic) bond motifs is 2. The Morgan fingerprint density at radius 2 is 1.89 bits per heavy atom. The quantitative estimate of drug-likeness (QED) is 0.792. The summed E-state index contributed by atoms with van der Waals surface area (Å²) in [7, 11) is 0. The molecule has 0 aliphatic carbocycles. The first kappa shape index (κ1) is 12.1. The molecule has 96 valence electrons. The number of carbonyl (C=O) groups is 1. The number of rotatable bonds is 0. The number of benzene rings is 2. The molecule has 0 bridgehead atoms. The minimum Gasteiger partial charge on any atom is -0.454 e. The molecule has 2 aromatic carbocycles. The zero-order valence-electron chi connectivity index (χ0n) is 9.34. The number of amides is 1. The SMILES string of the molecule is O=C1Nc2c(F)cccc2Oc2cc(Br)cc(F)c21. The van der Waals surface area contributed by atoms with Crippen molar-refractivity contribution in [2.24, 2.45) is 0 Å². The van der Waals surface area contributed by atoms with E-state index in [9.17, 15) is 13.6 Å². The number of hydrogen-bond acceptors (Lipinski definition) is 2. The molecule has 0 spiro atoms. The molecule has 1 heterocycles. The number of nitrogens with one attached hydrogen (secondary N) is 1. The van der Waals surface area contributed by atoms with E-state index in [1.54, 1.807) is 0 Å². The van der Waals surface area contributed by atoms with Crippen LogP contribution in [-0.2, 0) is 0 Å². The molecule has 1 amide bonds.